The molecule has 6 heteroatoms. The Bertz CT molecular complexity index is 652. The Balaban J connectivity index is 2.05. The highest BCUT2D eigenvalue weighted by Gasteiger charge is 2.14. The molecule has 0 bridgehead atoms. The maximum Gasteiger partial charge on any atom is 0.354 e. The molecule has 0 unspecified atom stereocenters. The van der Waals surface area contributed by atoms with Crippen molar-refractivity contribution in [3.8, 4) is 0 Å². The lowest BCUT2D eigenvalue weighted by Crippen LogP contribution is -2.21. The first-order chi connectivity index (χ1) is 10.1. The summed E-state index contributed by atoms with van der Waals surface area (Å²) in [6.07, 6.45) is 1.67. The van der Waals surface area contributed by atoms with Crippen LogP contribution in [-0.2, 0) is 16.1 Å². The van der Waals surface area contributed by atoms with Crippen molar-refractivity contribution in [1.82, 2.24) is 4.57 Å². The van der Waals surface area contributed by atoms with E-state index >= 15 is 0 Å². The highest BCUT2D eigenvalue weighted by atomic mass is 79.9. The van der Waals surface area contributed by atoms with E-state index in [0.29, 0.717) is 18.0 Å². The van der Waals surface area contributed by atoms with Gasteiger partial charge in [-0.05, 0) is 47.1 Å². The zero-order valence-corrected chi connectivity index (χ0v) is 13.1. The summed E-state index contributed by atoms with van der Waals surface area (Å²) >= 11 is 3.37. The number of ether oxygens (including phenoxy) is 1. The van der Waals surface area contributed by atoms with Crippen LogP contribution in [-0.4, -0.2) is 23.1 Å². The molecular formula is C15H15BrN2O3. The van der Waals surface area contributed by atoms with E-state index in [-0.39, 0.29) is 12.5 Å². The first kappa shape index (κ1) is 15.3. The number of carbonyl (C=O) groups excluding carboxylic acids is 2. The van der Waals surface area contributed by atoms with E-state index in [2.05, 4.69) is 21.2 Å². The van der Waals surface area contributed by atoms with Crippen LogP contribution in [0.2, 0.25) is 0 Å². The van der Waals surface area contributed by atoms with Crippen molar-refractivity contribution in [3.63, 3.8) is 0 Å². The Hall–Kier alpha value is -2.08. The molecule has 0 spiro atoms. The molecule has 5 nitrogen and oxygen atoms in total. The van der Waals surface area contributed by atoms with Gasteiger partial charge < -0.3 is 14.6 Å². The number of nitrogens with zero attached hydrogens (tertiary/aromatic N) is 1. The minimum absolute atomic E-state index is 0.0441. The lowest BCUT2D eigenvalue weighted by atomic mass is 10.3. The van der Waals surface area contributed by atoms with Crippen molar-refractivity contribution in [2.24, 2.45) is 0 Å². The highest BCUT2D eigenvalue weighted by Crippen LogP contribution is 2.21. The van der Waals surface area contributed by atoms with Gasteiger partial charge in [0.05, 0.1) is 12.3 Å². The van der Waals surface area contributed by atoms with Gasteiger partial charge >= 0.3 is 5.97 Å². The van der Waals surface area contributed by atoms with E-state index < -0.39 is 5.97 Å². The number of para-hydroxylation sites is 1. The van der Waals surface area contributed by atoms with Crippen LogP contribution in [0.5, 0.6) is 0 Å². The van der Waals surface area contributed by atoms with Crippen molar-refractivity contribution >= 4 is 33.5 Å². The molecule has 1 heterocycles. The number of amides is 1. The lowest BCUT2D eigenvalue weighted by Gasteiger charge is -2.10. The number of benzene rings is 1. The van der Waals surface area contributed by atoms with Gasteiger partial charge in [-0.25, -0.2) is 4.79 Å². The van der Waals surface area contributed by atoms with E-state index in [4.69, 9.17) is 4.74 Å². The molecule has 0 aliphatic heterocycles. The zero-order chi connectivity index (χ0) is 15.2. The Labute approximate surface area is 131 Å². The number of halogens is 1. The van der Waals surface area contributed by atoms with Gasteiger partial charge in [0, 0.05) is 10.7 Å². The van der Waals surface area contributed by atoms with Crippen LogP contribution >= 0.6 is 15.9 Å². The molecule has 0 saturated carbocycles. The Morgan fingerprint density at radius 1 is 1.24 bits per heavy atom. The summed E-state index contributed by atoms with van der Waals surface area (Å²) < 4.78 is 7.31. The summed E-state index contributed by atoms with van der Waals surface area (Å²) in [5, 5.41) is 2.79. The van der Waals surface area contributed by atoms with Crippen molar-refractivity contribution in [2.75, 3.05) is 11.9 Å². The second-order valence-corrected chi connectivity index (χ2v) is 5.12. The maximum absolute atomic E-state index is 12.1. The molecule has 0 atom stereocenters. The van der Waals surface area contributed by atoms with E-state index in [9.17, 15) is 9.59 Å². The first-order valence-corrected chi connectivity index (χ1v) is 7.27. The summed E-state index contributed by atoms with van der Waals surface area (Å²) in [5.74, 6) is -0.653. The first-order valence-electron chi connectivity index (χ1n) is 6.48. The fraction of sp³-hybridized carbons (Fsp3) is 0.200. The predicted octanol–water partition coefficient (Wildman–Crippen LogP) is 3.07. The monoisotopic (exact) mass is 350 g/mol. The average Bonchev–Trinajstić information content (AvgIpc) is 2.90. The Kier molecular flexibility index (Phi) is 5.16. The third-order valence-corrected chi connectivity index (χ3v) is 3.47. The summed E-state index contributed by atoms with van der Waals surface area (Å²) in [6.45, 7) is 2.08. The van der Waals surface area contributed by atoms with Gasteiger partial charge in [0.1, 0.15) is 12.2 Å². The molecule has 21 heavy (non-hydrogen) atoms. The fourth-order valence-electron chi connectivity index (χ4n) is 1.85. The van der Waals surface area contributed by atoms with Gasteiger partial charge in [-0.15, -0.1) is 0 Å². The summed E-state index contributed by atoms with van der Waals surface area (Å²) in [6, 6.07) is 10.7. The Morgan fingerprint density at radius 3 is 2.71 bits per heavy atom. The van der Waals surface area contributed by atoms with E-state index in [0.717, 1.165) is 4.47 Å². The van der Waals surface area contributed by atoms with E-state index in [1.165, 1.54) is 0 Å². The molecule has 1 aromatic carbocycles. The van der Waals surface area contributed by atoms with E-state index in [1.54, 1.807) is 35.9 Å². The number of rotatable bonds is 5. The largest absolute Gasteiger partial charge is 0.461 e. The van der Waals surface area contributed by atoms with Crippen LogP contribution < -0.4 is 5.32 Å². The highest BCUT2D eigenvalue weighted by molar-refractivity contribution is 9.10. The number of aromatic nitrogens is 1. The molecular weight excluding hydrogens is 336 g/mol. The topological polar surface area (TPSA) is 60.3 Å². The number of hydrogen-bond acceptors (Lipinski definition) is 3. The number of nitrogens with one attached hydrogen (secondary N) is 1. The van der Waals surface area contributed by atoms with Crippen LogP contribution in [0.1, 0.15) is 17.4 Å². The summed E-state index contributed by atoms with van der Waals surface area (Å²) in [4.78, 5) is 23.8. The lowest BCUT2D eigenvalue weighted by molar-refractivity contribution is -0.116. The van der Waals surface area contributed by atoms with Crippen LogP contribution in [0.4, 0.5) is 5.69 Å². The number of anilines is 1. The van der Waals surface area contributed by atoms with Gasteiger partial charge in [0.2, 0.25) is 5.91 Å². The summed E-state index contributed by atoms with van der Waals surface area (Å²) in [7, 11) is 0. The molecule has 1 aromatic heterocycles. The van der Waals surface area contributed by atoms with Crippen LogP contribution in [0.15, 0.2) is 47.1 Å². The van der Waals surface area contributed by atoms with Gasteiger partial charge in [-0.2, -0.15) is 0 Å². The standard InChI is InChI=1S/C15H15BrN2O3/c1-2-21-15(20)13-8-5-9-18(13)10-14(19)17-12-7-4-3-6-11(12)16/h3-9H,2,10H2,1H3,(H,17,19). The molecule has 2 rings (SSSR count). The van der Waals surface area contributed by atoms with Crippen molar-refractivity contribution in [2.45, 2.75) is 13.5 Å². The number of carbonyl (C=O) groups is 2. The van der Waals surface area contributed by atoms with E-state index in [1.807, 2.05) is 18.2 Å². The van der Waals surface area contributed by atoms with Crippen LogP contribution in [0, 0.1) is 0 Å². The zero-order valence-electron chi connectivity index (χ0n) is 11.5. The minimum atomic E-state index is -0.434. The molecule has 1 N–H and O–H groups in total. The molecule has 0 radical (unpaired) electrons. The second kappa shape index (κ2) is 7.08. The SMILES string of the molecule is CCOC(=O)c1cccn1CC(=O)Nc1ccccc1Br. The van der Waals surface area contributed by atoms with Crippen molar-refractivity contribution < 1.29 is 14.3 Å². The average molecular weight is 351 g/mol. The van der Waals surface area contributed by atoms with Gasteiger partial charge in [-0.1, -0.05) is 12.1 Å². The normalized spacial score (nSPS) is 10.2. The predicted molar refractivity (Wildman–Crippen MR) is 83.2 cm³/mol. The fourth-order valence-corrected chi connectivity index (χ4v) is 2.23. The van der Waals surface area contributed by atoms with Gasteiger partial charge in [-0.3, -0.25) is 4.79 Å². The molecule has 0 saturated heterocycles. The maximum atomic E-state index is 12.1. The molecule has 1 amide bonds. The van der Waals surface area contributed by atoms with Crippen LogP contribution in [0.3, 0.4) is 0 Å². The molecule has 110 valence electrons. The minimum Gasteiger partial charge on any atom is -0.461 e. The van der Waals surface area contributed by atoms with Crippen molar-refractivity contribution in [3.05, 3.63) is 52.8 Å². The van der Waals surface area contributed by atoms with Gasteiger partial charge in [0.25, 0.3) is 0 Å². The number of esters is 1. The van der Waals surface area contributed by atoms with Crippen LogP contribution in [0.25, 0.3) is 0 Å². The molecule has 0 aliphatic carbocycles. The Morgan fingerprint density at radius 2 is 2.00 bits per heavy atom. The smallest absolute Gasteiger partial charge is 0.354 e. The second-order valence-electron chi connectivity index (χ2n) is 4.27. The van der Waals surface area contributed by atoms with Gasteiger partial charge in [0.15, 0.2) is 0 Å². The molecule has 0 fully saturated rings. The van der Waals surface area contributed by atoms with Crippen molar-refractivity contribution in [1.29, 1.82) is 0 Å². The summed E-state index contributed by atoms with van der Waals surface area (Å²) in [5.41, 5.74) is 1.05. The number of hydrogen-bond donors (Lipinski definition) is 1. The third kappa shape index (κ3) is 3.95. The third-order valence-electron chi connectivity index (χ3n) is 2.78. The molecule has 0 aliphatic rings. The molecule has 2 aromatic rings. The quantitative estimate of drug-likeness (QED) is 0.843.